The summed E-state index contributed by atoms with van der Waals surface area (Å²) in [6.07, 6.45) is 0. The number of nitrogens with two attached hydrogens (primary N) is 1. The van der Waals surface area contributed by atoms with E-state index in [9.17, 15) is 5.26 Å². The lowest BCUT2D eigenvalue weighted by molar-refractivity contribution is 1.52. The van der Waals surface area contributed by atoms with Crippen LogP contribution in [0.5, 0.6) is 0 Å². The van der Waals surface area contributed by atoms with Gasteiger partial charge in [-0.15, -0.1) is 22.7 Å². The third kappa shape index (κ3) is 2.60. The molecule has 0 saturated heterocycles. The fourth-order valence-corrected chi connectivity index (χ4v) is 4.41. The van der Waals surface area contributed by atoms with Crippen LogP contribution in [-0.2, 0) is 0 Å². The van der Waals surface area contributed by atoms with Crippen molar-refractivity contribution in [1.82, 2.24) is 0 Å². The molecule has 0 spiro atoms. The van der Waals surface area contributed by atoms with E-state index in [-0.39, 0.29) is 0 Å². The van der Waals surface area contributed by atoms with E-state index in [0.717, 1.165) is 25.4 Å². The van der Waals surface area contributed by atoms with Crippen molar-refractivity contribution in [3.05, 3.63) is 50.1 Å². The van der Waals surface area contributed by atoms with Gasteiger partial charge in [0.25, 0.3) is 0 Å². The molecule has 2 heterocycles. The summed E-state index contributed by atoms with van der Waals surface area (Å²) in [5, 5.41) is 11.9. The smallest absolute Gasteiger partial charge is 0.129 e. The average molecular weight is 396 g/mol. The van der Waals surface area contributed by atoms with Crippen LogP contribution in [0.25, 0.3) is 20.9 Å². The van der Waals surface area contributed by atoms with Crippen LogP contribution in [0.15, 0.2) is 40.2 Å². The lowest BCUT2D eigenvalue weighted by Crippen LogP contribution is -1.87. The highest BCUT2D eigenvalue weighted by Gasteiger charge is 2.19. The van der Waals surface area contributed by atoms with Gasteiger partial charge in [-0.3, -0.25) is 0 Å². The van der Waals surface area contributed by atoms with Crippen molar-refractivity contribution in [2.45, 2.75) is 0 Å². The molecule has 0 amide bonds. The van der Waals surface area contributed by atoms with Gasteiger partial charge in [-0.1, -0.05) is 23.7 Å². The number of halogens is 2. The van der Waals surface area contributed by atoms with Crippen LogP contribution in [0.2, 0.25) is 5.02 Å². The van der Waals surface area contributed by atoms with Crippen LogP contribution in [0.3, 0.4) is 0 Å². The molecule has 21 heavy (non-hydrogen) atoms. The van der Waals surface area contributed by atoms with Gasteiger partial charge in [-0.05, 0) is 45.1 Å². The number of nitrogens with zero attached hydrogens (tertiary/aromatic N) is 1. The molecule has 104 valence electrons. The van der Waals surface area contributed by atoms with Crippen molar-refractivity contribution in [3.63, 3.8) is 0 Å². The van der Waals surface area contributed by atoms with Gasteiger partial charge in [0.15, 0.2) is 0 Å². The predicted octanol–water partition coefficient (Wildman–Crippen LogP) is 6.01. The van der Waals surface area contributed by atoms with Crippen molar-refractivity contribution in [1.29, 1.82) is 5.26 Å². The molecular formula is C15H8BrClN2S2. The fourth-order valence-electron chi connectivity index (χ4n) is 2.03. The van der Waals surface area contributed by atoms with Crippen LogP contribution >= 0.6 is 50.2 Å². The largest absolute Gasteiger partial charge is 0.396 e. The van der Waals surface area contributed by atoms with Gasteiger partial charge < -0.3 is 5.73 Å². The SMILES string of the molecule is N#Cc1sc(-c2ccc(Cl)c(Br)c2)c(-c2cccs2)c1N. The first-order valence-corrected chi connectivity index (χ1v) is 8.80. The maximum Gasteiger partial charge on any atom is 0.129 e. The van der Waals surface area contributed by atoms with Crippen molar-refractivity contribution < 1.29 is 0 Å². The minimum absolute atomic E-state index is 0.541. The minimum atomic E-state index is 0.541. The third-order valence-corrected chi connectivity index (χ3v) is 6.26. The number of hydrogen-bond acceptors (Lipinski definition) is 4. The van der Waals surface area contributed by atoms with Crippen molar-refractivity contribution >= 4 is 55.9 Å². The van der Waals surface area contributed by atoms with E-state index in [1.165, 1.54) is 11.3 Å². The Kier molecular flexibility index (Phi) is 4.05. The summed E-state index contributed by atoms with van der Waals surface area (Å²) >= 11 is 12.5. The zero-order valence-corrected chi connectivity index (χ0v) is 14.5. The second-order valence-corrected chi connectivity index (χ2v) is 7.50. The van der Waals surface area contributed by atoms with Gasteiger partial charge in [0, 0.05) is 19.8 Å². The Morgan fingerprint density at radius 3 is 2.71 bits per heavy atom. The van der Waals surface area contributed by atoms with Gasteiger partial charge in [-0.25, -0.2) is 0 Å². The second-order valence-electron chi connectivity index (χ2n) is 4.27. The zero-order valence-electron chi connectivity index (χ0n) is 10.6. The molecule has 0 unspecified atom stereocenters. The van der Waals surface area contributed by atoms with E-state index in [1.54, 1.807) is 11.3 Å². The number of benzene rings is 1. The van der Waals surface area contributed by atoms with Crippen LogP contribution in [0.1, 0.15) is 4.88 Å². The predicted molar refractivity (Wildman–Crippen MR) is 94.9 cm³/mol. The zero-order chi connectivity index (χ0) is 15.0. The number of rotatable bonds is 2. The molecule has 0 aliphatic carbocycles. The molecule has 0 radical (unpaired) electrons. The highest BCUT2D eigenvalue weighted by Crippen LogP contribution is 2.46. The lowest BCUT2D eigenvalue weighted by Gasteiger charge is -2.05. The summed E-state index contributed by atoms with van der Waals surface area (Å²) < 4.78 is 0.823. The number of hydrogen-bond donors (Lipinski definition) is 1. The number of thiophene rings is 2. The fraction of sp³-hybridized carbons (Fsp3) is 0. The average Bonchev–Trinajstić information content (AvgIpc) is 3.09. The van der Waals surface area contributed by atoms with E-state index in [4.69, 9.17) is 17.3 Å². The van der Waals surface area contributed by atoms with Crippen molar-refractivity contribution in [3.8, 4) is 27.0 Å². The molecule has 0 saturated carbocycles. The maximum atomic E-state index is 9.25. The molecule has 0 aliphatic heterocycles. The Labute approximate surface area is 143 Å². The molecule has 6 heteroatoms. The Morgan fingerprint density at radius 1 is 1.29 bits per heavy atom. The lowest BCUT2D eigenvalue weighted by atomic mass is 10.1. The van der Waals surface area contributed by atoms with E-state index in [2.05, 4.69) is 22.0 Å². The highest BCUT2D eigenvalue weighted by atomic mass is 79.9. The molecule has 0 aliphatic rings. The molecule has 2 nitrogen and oxygen atoms in total. The van der Waals surface area contributed by atoms with Crippen LogP contribution in [-0.4, -0.2) is 0 Å². The molecule has 3 rings (SSSR count). The van der Waals surface area contributed by atoms with E-state index >= 15 is 0 Å². The molecule has 3 aromatic rings. The van der Waals surface area contributed by atoms with Gasteiger partial charge in [0.2, 0.25) is 0 Å². The topological polar surface area (TPSA) is 49.8 Å². The van der Waals surface area contributed by atoms with E-state index < -0.39 is 0 Å². The Balaban J connectivity index is 2.27. The molecule has 1 aromatic carbocycles. The Hall–Kier alpha value is -1.32. The molecule has 2 aromatic heterocycles. The van der Waals surface area contributed by atoms with Gasteiger partial charge in [0.05, 0.1) is 10.7 Å². The first-order valence-electron chi connectivity index (χ1n) is 5.93. The van der Waals surface area contributed by atoms with E-state index in [0.29, 0.717) is 15.6 Å². The highest BCUT2D eigenvalue weighted by molar-refractivity contribution is 9.10. The second kappa shape index (κ2) is 5.82. The standard InChI is InChI=1S/C15H8BrClN2S2/c16-9-6-8(3-4-10(9)17)15-13(11-2-1-5-20-11)14(19)12(7-18)21-15/h1-6H,19H2. The number of anilines is 1. The summed E-state index contributed by atoms with van der Waals surface area (Å²) in [7, 11) is 0. The molecular weight excluding hydrogens is 388 g/mol. The third-order valence-electron chi connectivity index (χ3n) is 3.00. The molecule has 0 atom stereocenters. The molecule has 2 N–H and O–H groups in total. The first-order chi connectivity index (χ1) is 10.1. The summed E-state index contributed by atoms with van der Waals surface area (Å²) in [6.45, 7) is 0. The summed E-state index contributed by atoms with van der Waals surface area (Å²) in [4.78, 5) is 2.59. The summed E-state index contributed by atoms with van der Waals surface area (Å²) in [5.74, 6) is 0. The Bertz CT molecular complexity index is 847. The Morgan fingerprint density at radius 2 is 2.10 bits per heavy atom. The number of nitriles is 1. The monoisotopic (exact) mass is 394 g/mol. The van der Waals surface area contributed by atoms with Crippen LogP contribution in [0, 0.1) is 11.3 Å². The van der Waals surface area contributed by atoms with Gasteiger partial charge in [0.1, 0.15) is 10.9 Å². The van der Waals surface area contributed by atoms with Gasteiger partial charge in [-0.2, -0.15) is 5.26 Å². The summed E-state index contributed by atoms with van der Waals surface area (Å²) in [6, 6.07) is 11.9. The quantitative estimate of drug-likeness (QED) is 0.577. The normalized spacial score (nSPS) is 10.5. The molecule has 0 fully saturated rings. The number of nitrogen functional groups attached to an aromatic ring is 1. The first kappa shape index (κ1) is 14.6. The minimum Gasteiger partial charge on any atom is -0.396 e. The van der Waals surface area contributed by atoms with Crippen molar-refractivity contribution in [2.24, 2.45) is 0 Å². The van der Waals surface area contributed by atoms with Gasteiger partial charge >= 0.3 is 0 Å². The molecule has 0 bridgehead atoms. The van der Waals surface area contributed by atoms with Crippen LogP contribution in [0.4, 0.5) is 5.69 Å². The maximum absolute atomic E-state index is 9.25. The van der Waals surface area contributed by atoms with E-state index in [1.807, 2.05) is 35.7 Å². The van der Waals surface area contributed by atoms with Crippen molar-refractivity contribution in [2.75, 3.05) is 5.73 Å². The summed E-state index contributed by atoms with van der Waals surface area (Å²) in [5.41, 5.74) is 8.64. The van der Waals surface area contributed by atoms with Crippen LogP contribution < -0.4 is 5.73 Å².